The molecule has 0 spiro atoms. The number of fused-ring (bicyclic) bond motifs is 1. The highest BCUT2D eigenvalue weighted by atomic mass is 32.1. The highest BCUT2D eigenvalue weighted by Crippen LogP contribution is 2.31. The van der Waals surface area contributed by atoms with Gasteiger partial charge in [0, 0.05) is 30.4 Å². The van der Waals surface area contributed by atoms with E-state index in [1.165, 1.54) is 21.9 Å². The summed E-state index contributed by atoms with van der Waals surface area (Å²) in [4.78, 5) is 8.24. The van der Waals surface area contributed by atoms with E-state index in [1.807, 2.05) is 5.51 Å². The minimum absolute atomic E-state index is 0.531. The summed E-state index contributed by atoms with van der Waals surface area (Å²) >= 11 is 1.77. The number of para-hydroxylation sites is 2. The van der Waals surface area contributed by atoms with Crippen LogP contribution in [-0.4, -0.2) is 24.1 Å². The molecule has 4 heteroatoms. The lowest BCUT2D eigenvalue weighted by Gasteiger charge is -2.37. The van der Waals surface area contributed by atoms with Crippen molar-refractivity contribution < 1.29 is 0 Å². The standard InChI is InChI=1S/C15H19N3S/c1-11-9-16-13-5-3-4-6-14(13)18(11)8-7-15-12(2)17-10-19-15/h3-6,10-11,16H,7-9H2,1-2H3. The molecule has 2 heterocycles. The number of aryl methyl sites for hydroxylation is 1. The van der Waals surface area contributed by atoms with Crippen molar-refractivity contribution in [2.24, 2.45) is 0 Å². The van der Waals surface area contributed by atoms with Gasteiger partial charge in [-0.15, -0.1) is 11.3 Å². The van der Waals surface area contributed by atoms with Gasteiger partial charge in [0.2, 0.25) is 0 Å². The molecule has 1 unspecified atom stereocenters. The first-order chi connectivity index (χ1) is 9.25. The second-order valence-corrected chi connectivity index (χ2v) is 5.99. The Morgan fingerprint density at radius 1 is 1.42 bits per heavy atom. The summed E-state index contributed by atoms with van der Waals surface area (Å²) in [5.74, 6) is 0. The molecule has 1 aromatic carbocycles. The van der Waals surface area contributed by atoms with E-state index >= 15 is 0 Å². The van der Waals surface area contributed by atoms with Gasteiger partial charge in [0.25, 0.3) is 0 Å². The van der Waals surface area contributed by atoms with Gasteiger partial charge in [0.1, 0.15) is 0 Å². The van der Waals surface area contributed by atoms with Crippen molar-refractivity contribution in [3.05, 3.63) is 40.3 Å². The molecule has 0 amide bonds. The molecule has 100 valence electrons. The van der Waals surface area contributed by atoms with Crippen LogP contribution in [-0.2, 0) is 6.42 Å². The Bertz CT molecular complexity index is 564. The smallest absolute Gasteiger partial charge is 0.0797 e. The number of thiazole rings is 1. The monoisotopic (exact) mass is 273 g/mol. The third-order valence-electron chi connectivity index (χ3n) is 3.76. The van der Waals surface area contributed by atoms with Crippen molar-refractivity contribution in [1.29, 1.82) is 0 Å². The molecular weight excluding hydrogens is 254 g/mol. The van der Waals surface area contributed by atoms with E-state index in [9.17, 15) is 0 Å². The zero-order chi connectivity index (χ0) is 13.2. The van der Waals surface area contributed by atoms with Crippen LogP contribution in [0.25, 0.3) is 0 Å². The van der Waals surface area contributed by atoms with Crippen LogP contribution in [0.4, 0.5) is 11.4 Å². The quantitative estimate of drug-likeness (QED) is 0.930. The van der Waals surface area contributed by atoms with Gasteiger partial charge in [-0.25, -0.2) is 4.98 Å². The molecule has 0 aliphatic carbocycles. The fourth-order valence-electron chi connectivity index (χ4n) is 2.61. The Balaban J connectivity index is 1.78. The predicted molar refractivity (Wildman–Crippen MR) is 82.3 cm³/mol. The summed E-state index contributed by atoms with van der Waals surface area (Å²) in [5, 5.41) is 3.50. The third-order valence-corrected chi connectivity index (χ3v) is 4.75. The number of rotatable bonds is 3. The first-order valence-corrected chi connectivity index (χ1v) is 7.62. The lowest BCUT2D eigenvalue weighted by Crippen LogP contribution is -2.43. The molecule has 1 aliphatic heterocycles. The SMILES string of the molecule is Cc1ncsc1CCN1c2ccccc2NCC1C. The zero-order valence-corrected chi connectivity index (χ0v) is 12.2. The van der Waals surface area contributed by atoms with Crippen LogP contribution in [0.2, 0.25) is 0 Å². The van der Waals surface area contributed by atoms with Crippen LogP contribution in [0.3, 0.4) is 0 Å². The first kappa shape index (κ1) is 12.5. The summed E-state index contributed by atoms with van der Waals surface area (Å²) < 4.78 is 0. The summed E-state index contributed by atoms with van der Waals surface area (Å²) in [6.07, 6.45) is 1.08. The van der Waals surface area contributed by atoms with Crippen LogP contribution in [0.1, 0.15) is 17.5 Å². The lowest BCUT2D eigenvalue weighted by molar-refractivity contribution is 0.641. The minimum Gasteiger partial charge on any atom is -0.381 e. The summed E-state index contributed by atoms with van der Waals surface area (Å²) in [6.45, 7) is 6.45. The fourth-order valence-corrected chi connectivity index (χ4v) is 3.38. The predicted octanol–water partition coefficient (Wildman–Crippen LogP) is 3.31. The largest absolute Gasteiger partial charge is 0.381 e. The molecule has 0 fully saturated rings. The molecule has 0 saturated heterocycles. The maximum atomic E-state index is 4.33. The molecule has 1 N–H and O–H groups in total. The number of anilines is 2. The average Bonchev–Trinajstić information content (AvgIpc) is 2.83. The zero-order valence-electron chi connectivity index (χ0n) is 11.4. The Hall–Kier alpha value is -1.55. The summed E-state index contributed by atoms with van der Waals surface area (Å²) in [6, 6.07) is 9.10. The number of nitrogens with zero attached hydrogens (tertiary/aromatic N) is 2. The van der Waals surface area contributed by atoms with Gasteiger partial charge < -0.3 is 10.2 Å². The minimum atomic E-state index is 0.531. The second kappa shape index (κ2) is 5.21. The van der Waals surface area contributed by atoms with E-state index in [4.69, 9.17) is 0 Å². The van der Waals surface area contributed by atoms with E-state index in [2.05, 4.69) is 53.3 Å². The van der Waals surface area contributed by atoms with Crippen molar-refractivity contribution in [1.82, 2.24) is 4.98 Å². The number of nitrogens with one attached hydrogen (secondary N) is 1. The molecule has 2 aromatic rings. The molecule has 1 aromatic heterocycles. The molecule has 1 atom stereocenters. The van der Waals surface area contributed by atoms with E-state index in [0.717, 1.165) is 19.5 Å². The van der Waals surface area contributed by atoms with E-state index < -0.39 is 0 Å². The van der Waals surface area contributed by atoms with Crippen molar-refractivity contribution in [2.45, 2.75) is 26.3 Å². The van der Waals surface area contributed by atoms with Gasteiger partial charge in [-0.3, -0.25) is 0 Å². The van der Waals surface area contributed by atoms with Gasteiger partial charge in [-0.05, 0) is 26.0 Å². The topological polar surface area (TPSA) is 28.2 Å². The first-order valence-electron chi connectivity index (χ1n) is 6.74. The molecule has 0 saturated carbocycles. The molecule has 0 radical (unpaired) electrons. The molecule has 3 nitrogen and oxygen atoms in total. The Morgan fingerprint density at radius 2 is 2.26 bits per heavy atom. The number of benzene rings is 1. The summed E-state index contributed by atoms with van der Waals surface area (Å²) in [7, 11) is 0. The fraction of sp³-hybridized carbons (Fsp3) is 0.400. The second-order valence-electron chi connectivity index (χ2n) is 5.05. The van der Waals surface area contributed by atoms with Gasteiger partial charge in [0.05, 0.1) is 22.6 Å². The Kier molecular flexibility index (Phi) is 3.42. The molecule has 3 rings (SSSR count). The van der Waals surface area contributed by atoms with E-state index in [1.54, 1.807) is 11.3 Å². The molecule has 19 heavy (non-hydrogen) atoms. The van der Waals surface area contributed by atoms with E-state index in [-0.39, 0.29) is 0 Å². The van der Waals surface area contributed by atoms with Crippen LogP contribution < -0.4 is 10.2 Å². The third kappa shape index (κ3) is 2.45. The summed E-state index contributed by atoms with van der Waals surface area (Å²) in [5.41, 5.74) is 5.70. The van der Waals surface area contributed by atoms with Gasteiger partial charge in [-0.2, -0.15) is 0 Å². The molecule has 1 aliphatic rings. The highest BCUT2D eigenvalue weighted by Gasteiger charge is 2.22. The van der Waals surface area contributed by atoms with Crippen molar-refractivity contribution in [3.8, 4) is 0 Å². The van der Waals surface area contributed by atoms with Crippen molar-refractivity contribution >= 4 is 22.7 Å². The Morgan fingerprint density at radius 3 is 3.05 bits per heavy atom. The van der Waals surface area contributed by atoms with Crippen molar-refractivity contribution in [3.63, 3.8) is 0 Å². The van der Waals surface area contributed by atoms with E-state index in [0.29, 0.717) is 6.04 Å². The maximum absolute atomic E-state index is 4.33. The van der Waals surface area contributed by atoms with Gasteiger partial charge >= 0.3 is 0 Å². The number of hydrogen-bond donors (Lipinski definition) is 1. The molecule has 0 bridgehead atoms. The number of aromatic nitrogens is 1. The molecular formula is C15H19N3S. The lowest BCUT2D eigenvalue weighted by atomic mass is 10.1. The highest BCUT2D eigenvalue weighted by molar-refractivity contribution is 7.09. The van der Waals surface area contributed by atoms with Crippen LogP contribution in [0.5, 0.6) is 0 Å². The van der Waals surface area contributed by atoms with Crippen LogP contribution in [0.15, 0.2) is 29.8 Å². The van der Waals surface area contributed by atoms with Crippen LogP contribution in [0, 0.1) is 6.92 Å². The maximum Gasteiger partial charge on any atom is 0.0797 e. The van der Waals surface area contributed by atoms with Gasteiger partial charge in [-0.1, -0.05) is 12.1 Å². The van der Waals surface area contributed by atoms with Crippen molar-refractivity contribution in [2.75, 3.05) is 23.3 Å². The normalized spacial score (nSPS) is 18.0. The van der Waals surface area contributed by atoms with Gasteiger partial charge in [0.15, 0.2) is 0 Å². The average molecular weight is 273 g/mol. The van der Waals surface area contributed by atoms with Crippen LogP contribution >= 0.6 is 11.3 Å². The number of hydrogen-bond acceptors (Lipinski definition) is 4. The Labute approximate surface area is 118 Å².